The van der Waals surface area contributed by atoms with Crippen molar-refractivity contribution in [3.8, 4) is 11.5 Å². The number of rotatable bonds is 14. The summed E-state index contributed by atoms with van der Waals surface area (Å²) >= 11 is 0. The van der Waals surface area contributed by atoms with Crippen molar-refractivity contribution in [2.24, 2.45) is 0 Å². The van der Waals surface area contributed by atoms with Crippen LogP contribution in [0.15, 0.2) is 79.0 Å². The first-order chi connectivity index (χ1) is 22.3. The van der Waals surface area contributed by atoms with Gasteiger partial charge >= 0.3 is 0 Å². The van der Waals surface area contributed by atoms with Gasteiger partial charge in [0, 0.05) is 36.5 Å². The Balaban J connectivity index is 1.29. The number of hydrogen-bond donors (Lipinski definition) is 4. The molecule has 240 valence electrons. The molecule has 2 unspecified atom stereocenters. The van der Waals surface area contributed by atoms with Crippen LogP contribution in [0.5, 0.6) is 11.5 Å². The van der Waals surface area contributed by atoms with Crippen LogP contribution >= 0.6 is 0 Å². The lowest BCUT2D eigenvalue weighted by atomic mass is 10.0. The summed E-state index contributed by atoms with van der Waals surface area (Å²) < 4.78 is 11.4. The number of carbonyl (C=O) groups excluding carboxylic acids is 4. The summed E-state index contributed by atoms with van der Waals surface area (Å²) in [5.41, 5.74) is 3.46. The van der Waals surface area contributed by atoms with Crippen molar-refractivity contribution in [3.05, 3.63) is 95.7 Å². The van der Waals surface area contributed by atoms with Crippen LogP contribution in [0.25, 0.3) is 10.9 Å². The molecule has 0 radical (unpaired) electrons. The lowest BCUT2D eigenvalue weighted by Gasteiger charge is -2.32. The molecule has 2 heterocycles. The van der Waals surface area contributed by atoms with E-state index >= 15 is 0 Å². The third kappa shape index (κ3) is 8.03. The van der Waals surface area contributed by atoms with Crippen LogP contribution in [-0.4, -0.2) is 71.9 Å². The zero-order valence-electron chi connectivity index (χ0n) is 26.0. The van der Waals surface area contributed by atoms with Gasteiger partial charge in [0.2, 0.25) is 23.6 Å². The Labute approximate surface area is 267 Å². The maximum atomic E-state index is 13.6. The Morgan fingerprint density at radius 1 is 0.935 bits per heavy atom. The second-order valence-electron chi connectivity index (χ2n) is 11.1. The van der Waals surface area contributed by atoms with E-state index in [1.165, 1.54) is 4.90 Å². The summed E-state index contributed by atoms with van der Waals surface area (Å²) in [6, 6.07) is 20.8. The zero-order valence-corrected chi connectivity index (χ0v) is 26.0. The minimum Gasteiger partial charge on any atom is -0.490 e. The maximum absolute atomic E-state index is 13.6. The third-order valence-electron chi connectivity index (χ3n) is 7.72. The van der Waals surface area contributed by atoms with Gasteiger partial charge in [-0.2, -0.15) is 0 Å². The quantitative estimate of drug-likeness (QED) is 0.170. The fourth-order valence-corrected chi connectivity index (χ4v) is 5.56. The van der Waals surface area contributed by atoms with E-state index in [0.29, 0.717) is 31.1 Å². The molecule has 4 N–H and O–H groups in total. The summed E-state index contributed by atoms with van der Waals surface area (Å²) in [4.78, 5) is 57.2. The van der Waals surface area contributed by atoms with Gasteiger partial charge in [-0.1, -0.05) is 54.6 Å². The van der Waals surface area contributed by atoms with E-state index in [2.05, 4.69) is 20.9 Å². The largest absolute Gasteiger partial charge is 0.490 e. The predicted molar refractivity (Wildman–Crippen MR) is 173 cm³/mol. The number of aromatic nitrogens is 1. The van der Waals surface area contributed by atoms with Crippen LogP contribution in [0.4, 0.5) is 0 Å². The summed E-state index contributed by atoms with van der Waals surface area (Å²) in [6.07, 6.45) is 2.34. The number of ether oxygens (including phenoxy) is 2. The number of amides is 4. The minimum atomic E-state index is -0.949. The second-order valence-corrected chi connectivity index (χ2v) is 11.1. The molecular formula is C35H39N5O6. The first kappa shape index (κ1) is 32.1. The van der Waals surface area contributed by atoms with Crippen molar-refractivity contribution < 1.29 is 28.7 Å². The highest BCUT2D eigenvalue weighted by molar-refractivity contribution is 5.98. The van der Waals surface area contributed by atoms with E-state index in [-0.39, 0.29) is 37.9 Å². The molecule has 46 heavy (non-hydrogen) atoms. The number of nitrogens with one attached hydrogen (secondary N) is 4. The van der Waals surface area contributed by atoms with Crippen molar-refractivity contribution >= 4 is 34.5 Å². The molecule has 1 aliphatic rings. The number of fused-ring (bicyclic) bond motifs is 1. The Hall–Kier alpha value is -5.32. The number of carbonyl (C=O) groups is 4. The van der Waals surface area contributed by atoms with E-state index in [9.17, 15) is 19.2 Å². The molecule has 1 aromatic heterocycles. The number of para-hydroxylation sites is 1. The molecule has 2 atom stereocenters. The minimum absolute atomic E-state index is 0.192. The molecule has 11 nitrogen and oxygen atoms in total. The van der Waals surface area contributed by atoms with Crippen LogP contribution in [0.3, 0.4) is 0 Å². The lowest BCUT2D eigenvalue weighted by molar-refractivity contribution is -0.146. The van der Waals surface area contributed by atoms with Gasteiger partial charge in [-0.15, -0.1) is 0 Å². The van der Waals surface area contributed by atoms with Crippen LogP contribution in [0, 0.1) is 0 Å². The van der Waals surface area contributed by atoms with Crippen molar-refractivity contribution in [1.29, 1.82) is 0 Å². The lowest BCUT2D eigenvalue weighted by Crippen LogP contribution is -2.61. The number of piperazine rings is 1. The van der Waals surface area contributed by atoms with Gasteiger partial charge in [0.1, 0.15) is 25.2 Å². The molecule has 5 rings (SSSR count). The molecule has 0 spiro atoms. The molecule has 0 aliphatic carbocycles. The average molecular weight is 626 g/mol. The van der Waals surface area contributed by atoms with E-state index in [4.69, 9.17) is 9.47 Å². The molecule has 4 amide bonds. The highest BCUT2D eigenvalue weighted by atomic mass is 16.5. The molecular weight excluding hydrogens is 586 g/mol. The molecule has 3 aromatic carbocycles. The molecule has 0 bridgehead atoms. The first-order valence-corrected chi connectivity index (χ1v) is 15.5. The standard InChI is InChI=1S/C35H39N5O6/c1-3-45-30-15-14-24(17-31(30)46-4-2)19-37-34(43)28(18-25-20-36-27-13-9-8-12-26(25)27)38-32(41)21-40-22-33(42)39-29(35(40)44)16-23-10-6-5-7-11-23/h5-15,17,20,28-29,36H,3-4,16,18-19,21-22H2,1-2H3,(H,37,43)(H,38,41)(H,39,42). The van der Waals surface area contributed by atoms with Gasteiger partial charge in [0.15, 0.2) is 11.5 Å². The van der Waals surface area contributed by atoms with E-state index in [1.54, 1.807) is 6.07 Å². The second kappa shape index (κ2) is 15.1. The molecule has 1 aliphatic heterocycles. The Morgan fingerprint density at radius 3 is 2.46 bits per heavy atom. The summed E-state index contributed by atoms with van der Waals surface area (Å²) in [5, 5.41) is 9.43. The molecule has 0 saturated carbocycles. The number of aromatic amines is 1. The monoisotopic (exact) mass is 625 g/mol. The predicted octanol–water partition coefficient (Wildman–Crippen LogP) is 2.88. The first-order valence-electron chi connectivity index (χ1n) is 15.5. The van der Waals surface area contributed by atoms with Crippen molar-refractivity contribution in [3.63, 3.8) is 0 Å². The maximum Gasteiger partial charge on any atom is 0.246 e. The smallest absolute Gasteiger partial charge is 0.246 e. The summed E-state index contributed by atoms with van der Waals surface area (Å²) in [5.74, 6) is -0.423. The molecule has 1 saturated heterocycles. The average Bonchev–Trinajstić information content (AvgIpc) is 3.46. The number of benzene rings is 3. The SMILES string of the molecule is CCOc1ccc(CNC(=O)C(Cc2c[nH]c3ccccc23)NC(=O)CN2CC(=O)NC(Cc3ccccc3)C2=O)cc1OCC. The number of H-pyrrole nitrogens is 1. The number of hydrogen-bond acceptors (Lipinski definition) is 6. The van der Waals surface area contributed by atoms with Crippen LogP contribution in [-0.2, 0) is 38.6 Å². The van der Waals surface area contributed by atoms with Gasteiger partial charge in [-0.05, 0) is 48.7 Å². The van der Waals surface area contributed by atoms with Gasteiger partial charge in [0.05, 0.1) is 13.2 Å². The van der Waals surface area contributed by atoms with E-state index in [1.807, 2.05) is 86.8 Å². The van der Waals surface area contributed by atoms with Crippen LogP contribution < -0.4 is 25.4 Å². The van der Waals surface area contributed by atoms with Crippen LogP contribution in [0.1, 0.15) is 30.5 Å². The van der Waals surface area contributed by atoms with Gasteiger partial charge in [0.25, 0.3) is 0 Å². The van der Waals surface area contributed by atoms with E-state index < -0.39 is 23.9 Å². The Kier molecular flexibility index (Phi) is 10.5. The molecule has 11 heteroatoms. The fraction of sp³-hybridized carbons (Fsp3) is 0.314. The Morgan fingerprint density at radius 2 is 1.67 bits per heavy atom. The molecule has 4 aromatic rings. The summed E-state index contributed by atoms with van der Waals surface area (Å²) in [7, 11) is 0. The van der Waals surface area contributed by atoms with Crippen molar-refractivity contribution in [1.82, 2.24) is 25.8 Å². The van der Waals surface area contributed by atoms with Crippen molar-refractivity contribution in [2.45, 2.75) is 45.3 Å². The van der Waals surface area contributed by atoms with Gasteiger partial charge in [-0.25, -0.2) is 0 Å². The third-order valence-corrected chi connectivity index (χ3v) is 7.72. The molecule has 1 fully saturated rings. The van der Waals surface area contributed by atoms with Crippen LogP contribution in [0.2, 0.25) is 0 Å². The highest BCUT2D eigenvalue weighted by Crippen LogP contribution is 2.28. The summed E-state index contributed by atoms with van der Waals surface area (Å²) in [6.45, 7) is 4.33. The topological polar surface area (TPSA) is 142 Å². The van der Waals surface area contributed by atoms with Gasteiger partial charge < -0.3 is 35.3 Å². The fourth-order valence-electron chi connectivity index (χ4n) is 5.56. The number of nitrogens with zero attached hydrogens (tertiary/aromatic N) is 1. The van der Waals surface area contributed by atoms with Crippen molar-refractivity contribution in [2.75, 3.05) is 26.3 Å². The Bertz CT molecular complexity index is 1690. The van der Waals surface area contributed by atoms with E-state index in [0.717, 1.165) is 27.6 Å². The normalized spacial score (nSPS) is 15.3. The van der Waals surface area contributed by atoms with Gasteiger partial charge in [-0.3, -0.25) is 19.2 Å². The highest BCUT2D eigenvalue weighted by Gasteiger charge is 2.34. The zero-order chi connectivity index (χ0) is 32.5.